The van der Waals surface area contributed by atoms with E-state index in [1.165, 1.54) is 6.20 Å². The molecule has 146 valence electrons. The summed E-state index contributed by atoms with van der Waals surface area (Å²) in [7, 11) is 0. The first kappa shape index (κ1) is 18.9. The van der Waals surface area contributed by atoms with Crippen molar-refractivity contribution in [3.8, 4) is 5.69 Å². The van der Waals surface area contributed by atoms with Gasteiger partial charge in [-0.25, -0.2) is 9.67 Å². The van der Waals surface area contributed by atoms with Crippen LogP contribution in [0.1, 0.15) is 17.7 Å². The summed E-state index contributed by atoms with van der Waals surface area (Å²) < 4.78 is 6.84. The number of nitrogens with zero attached hydrogens (tertiary/aromatic N) is 3. The van der Waals surface area contributed by atoms with E-state index in [0.717, 1.165) is 23.0 Å². The van der Waals surface area contributed by atoms with Crippen molar-refractivity contribution in [3.05, 3.63) is 82.8 Å². The van der Waals surface area contributed by atoms with Crippen LogP contribution in [0.5, 0.6) is 0 Å². The maximum Gasteiger partial charge on any atom is 0.324 e. The first-order chi connectivity index (χ1) is 14.2. The van der Waals surface area contributed by atoms with Crippen molar-refractivity contribution in [2.75, 3.05) is 6.61 Å². The van der Waals surface area contributed by atoms with Gasteiger partial charge in [0.2, 0.25) is 0 Å². The predicted molar refractivity (Wildman–Crippen MR) is 111 cm³/mol. The van der Waals surface area contributed by atoms with Crippen molar-refractivity contribution < 1.29 is 9.53 Å². The number of hydrogen-bond donors (Lipinski definition) is 1. The van der Waals surface area contributed by atoms with E-state index < -0.39 is 5.25 Å². The number of carbonyl (C=O) groups is 1. The molecule has 0 bridgehead atoms. The Morgan fingerprint density at radius 2 is 1.83 bits per heavy atom. The lowest BCUT2D eigenvalue weighted by molar-refractivity contribution is -0.142. The molecule has 2 aromatic heterocycles. The van der Waals surface area contributed by atoms with Gasteiger partial charge in [-0.2, -0.15) is 5.10 Å². The van der Waals surface area contributed by atoms with Crippen LogP contribution in [0.4, 0.5) is 0 Å². The van der Waals surface area contributed by atoms with Crippen molar-refractivity contribution in [1.82, 2.24) is 19.7 Å². The van der Waals surface area contributed by atoms with E-state index in [9.17, 15) is 9.59 Å². The lowest BCUT2D eigenvalue weighted by Gasteiger charge is -2.15. The Hall–Kier alpha value is -3.39. The van der Waals surface area contributed by atoms with Gasteiger partial charge in [-0.15, -0.1) is 0 Å². The van der Waals surface area contributed by atoms with Gasteiger partial charge in [-0.3, -0.25) is 9.59 Å². The number of nitrogens with one attached hydrogen (secondary N) is 1. The van der Waals surface area contributed by atoms with E-state index in [1.807, 2.05) is 60.7 Å². The normalized spacial score (nSPS) is 12.0. The summed E-state index contributed by atoms with van der Waals surface area (Å²) in [6.07, 6.45) is 1.49. The Morgan fingerprint density at radius 3 is 2.52 bits per heavy atom. The molecule has 4 aromatic rings. The van der Waals surface area contributed by atoms with Crippen LogP contribution >= 0.6 is 11.8 Å². The standard InChI is InChI=1S/C21H18N4O3S/c1-2-28-20(27)17(14-9-5-3-6-10-14)29-21-23-18-16(19(26)24-21)13-22-25(18)15-11-7-4-8-12-15/h3-13,17H,2H2,1H3,(H,23,24,26). The fraction of sp³-hybridized carbons (Fsp3) is 0.143. The highest BCUT2D eigenvalue weighted by Gasteiger charge is 2.25. The van der Waals surface area contributed by atoms with Gasteiger partial charge in [-0.05, 0) is 24.6 Å². The number of esters is 1. The fourth-order valence-corrected chi connectivity index (χ4v) is 3.89. The third-order valence-electron chi connectivity index (χ3n) is 4.25. The molecule has 0 aliphatic heterocycles. The highest BCUT2D eigenvalue weighted by Crippen LogP contribution is 2.34. The molecule has 0 saturated heterocycles. The number of aromatic amines is 1. The zero-order valence-corrected chi connectivity index (χ0v) is 16.4. The van der Waals surface area contributed by atoms with Crippen LogP contribution in [-0.4, -0.2) is 32.3 Å². The average Bonchev–Trinajstić information content (AvgIpc) is 3.18. The Bertz CT molecular complexity index is 1190. The second-order valence-corrected chi connectivity index (χ2v) is 7.25. The van der Waals surface area contributed by atoms with Crippen LogP contribution in [0, 0.1) is 0 Å². The van der Waals surface area contributed by atoms with E-state index in [4.69, 9.17) is 4.74 Å². The Balaban J connectivity index is 1.76. The van der Waals surface area contributed by atoms with Gasteiger partial charge in [0.1, 0.15) is 10.6 Å². The summed E-state index contributed by atoms with van der Waals surface area (Å²) >= 11 is 1.14. The van der Waals surface area contributed by atoms with E-state index >= 15 is 0 Å². The number of para-hydroxylation sites is 1. The summed E-state index contributed by atoms with van der Waals surface area (Å²) in [5, 5.41) is 4.36. The summed E-state index contributed by atoms with van der Waals surface area (Å²) in [4.78, 5) is 32.5. The van der Waals surface area contributed by atoms with Gasteiger partial charge in [0.15, 0.2) is 10.8 Å². The van der Waals surface area contributed by atoms with Crippen LogP contribution in [0.15, 0.2) is 76.8 Å². The molecule has 7 nitrogen and oxygen atoms in total. The number of benzene rings is 2. The monoisotopic (exact) mass is 406 g/mol. The number of carbonyl (C=O) groups excluding carboxylic acids is 1. The smallest absolute Gasteiger partial charge is 0.324 e. The van der Waals surface area contributed by atoms with Gasteiger partial charge in [0, 0.05) is 0 Å². The van der Waals surface area contributed by atoms with Crippen LogP contribution in [-0.2, 0) is 9.53 Å². The van der Waals surface area contributed by atoms with Crippen LogP contribution < -0.4 is 5.56 Å². The van der Waals surface area contributed by atoms with Gasteiger partial charge >= 0.3 is 5.97 Å². The minimum atomic E-state index is -0.648. The summed E-state index contributed by atoms with van der Waals surface area (Å²) in [6, 6.07) is 18.7. The van der Waals surface area contributed by atoms with Gasteiger partial charge < -0.3 is 9.72 Å². The minimum Gasteiger partial charge on any atom is -0.465 e. The highest BCUT2D eigenvalue weighted by atomic mass is 32.2. The van der Waals surface area contributed by atoms with Crippen molar-refractivity contribution in [2.24, 2.45) is 0 Å². The van der Waals surface area contributed by atoms with Crippen molar-refractivity contribution in [2.45, 2.75) is 17.3 Å². The van der Waals surface area contributed by atoms with Crippen LogP contribution in [0.25, 0.3) is 16.7 Å². The fourth-order valence-electron chi connectivity index (χ4n) is 2.92. The molecule has 0 radical (unpaired) electrons. The molecule has 2 aromatic carbocycles. The second-order valence-electron chi connectivity index (χ2n) is 6.16. The van der Waals surface area contributed by atoms with Gasteiger partial charge in [0.05, 0.1) is 18.5 Å². The van der Waals surface area contributed by atoms with E-state index in [0.29, 0.717) is 16.2 Å². The molecule has 1 N–H and O–H groups in total. The molecule has 2 heterocycles. The Kier molecular flexibility index (Phi) is 5.44. The summed E-state index contributed by atoms with van der Waals surface area (Å²) in [5.74, 6) is -0.386. The maximum atomic E-state index is 12.6. The average molecular weight is 406 g/mol. The second kappa shape index (κ2) is 8.32. The van der Waals surface area contributed by atoms with Crippen LogP contribution in [0.3, 0.4) is 0 Å². The molecule has 0 saturated carbocycles. The molecule has 0 aliphatic rings. The first-order valence-electron chi connectivity index (χ1n) is 9.09. The molecular weight excluding hydrogens is 388 g/mol. The number of hydrogen-bond acceptors (Lipinski definition) is 6. The minimum absolute atomic E-state index is 0.270. The zero-order valence-electron chi connectivity index (χ0n) is 15.6. The van der Waals surface area contributed by atoms with Crippen molar-refractivity contribution >= 4 is 28.8 Å². The third kappa shape index (κ3) is 3.93. The SMILES string of the molecule is CCOC(=O)C(Sc1nc2c(cnn2-c2ccccc2)c(=O)[nH]1)c1ccccc1. The molecule has 1 atom stereocenters. The number of aromatic nitrogens is 4. The Morgan fingerprint density at radius 1 is 1.14 bits per heavy atom. The molecular formula is C21H18N4O3S. The molecule has 29 heavy (non-hydrogen) atoms. The first-order valence-corrected chi connectivity index (χ1v) is 9.97. The van der Waals surface area contributed by atoms with Gasteiger partial charge in [0.25, 0.3) is 5.56 Å². The summed E-state index contributed by atoms with van der Waals surface area (Å²) in [5.41, 5.74) is 1.69. The number of fused-ring (bicyclic) bond motifs is 1. The van der Waals surface area contributed by atoms with Crippen molar-refractivity contribution in [1.29, 1.82) is 0 Å². The Labute approximate surface area is 170 Å². The highest BCUT2D eigenvalue weighted by molar-refractivity contribution is 8.00. The number of rotatable bonds is 6. The molecule has 1 unspecified atom stereocenters. The topological polar surface area (TPSA) is 89.9 Å². The summed E-state index contributed by atoms with van der Waals surface area (Å²) in [6.45, 7) is 2.03. The quantitative estimate of drug-likeness (QED) is 0.299. The molecule has 8 heteroatoms. The molecule has 0 spiro atoms. The van der Waals surface area contributed by atoms with Crippen molar-refractivity contribution in [3.63, 3.8) is 0 Å². The lowest BCUT2D eigenvalue weighted by atomic mass is 10.1. The largest absolute Gasteiger partial charge is 0.465 e. The van der Waals surface area contributed by atoms with E-state index in [-0.39, 0.29) is 18.1 Å². The van der Waals surface area contributed by atoms with Gasteiger partial charge in [-0.1, -0.05) is 60.3 Å². The van der Waals surface area contributed by atoms with E-state index in [1.54, 1.807) is 11.6 Å². The number of thioether (sulfide) groups is 1. The molecule has 4 rings (SSSR count). The van der Waals surface area contributed by atoms with E-state index in [2.05, 4.69) is 15.1 Å². The molecule has 0 amide bonds. The van der Waals surface area contributed by atoms with Crippen LogP contribution in [0.2, 0.25) is 0 Å². The molecule has 0 fully saturated rings. The number of ether oxygens (including phenoxy) is 1. The zero-order chi connectivity index (χ0) is 20.2. The predicted octanol–water partition coefficient (Wildman–Crippen LogP) is 3.51. The maximum absolute atomic E-state index is 12.6. The number of H-pyrrole nitrogens is 1. The lowest BCUT2D eigenvalue weighted by Crippen LogP contribution is -2.15. The molecule has 0 aliphatic carbocycles. The third-order valence-corrected chi connectivity index (χ3v) is 5.37.